The minimum absolute atomic E-state index is 0.0431. The van der Waals surface area contributed by atoms with Crippen LogP contribution in [0.2, 0.25) is 5.02 Å². The van der Waals surface area contributed by atoms with Crippen molar-refractivity contribution in [2.75, 3.05) is 0 Å². The summed E-state index contributed by atoms with van der Waals surface area (Å²) < 4.78 is 10.3. The Morgan fingerprint density at radius 3 is 2.56 bits per heavy atom. The molecule has 1 aromatic carbocycles. The number of rotatable bonds is 2. The molecule has 0 atom stereocenters. The van der Waals surface area contributed by atoms with Gasteiger partial charge in [-0.2, -0.15) is 4.37 Å². The van der Waals surface area contributed by atoms with Crippen molar-refractivity contribution in [3.63, 3.8) is 0 Å². The highest BCUT2D eigenvalue weighted by atomic mass is 35.5. The zero-order valence-corrected chi connectivity index (χ0v) is 12.5. The van der Waals surface area contributed by atoms with Crippen molar-refractivity contribution in [1.82, 2.24) is 4.37 Å². The van der Waals surface area contributed by atoms with Gasteiger partial charge in [-0.25, -0.2) is 0 Å². The molecule has 0 aliphatic rings. The van der Waals surface area contributed by atoms with Crippen LogP contribution in [-0.4, -0.2) is 4.37 Å². The lowest BCUT2D eigenvalue weighted by Crippen LogP contribution is -2.10. The summed E-state index contributed by atoms with van der Waals surface area (Å²) in [6.07, 6.45) is 0. The van der Waals surface area contributed by atoms with Crippen LogP contribution in [0.15, 0.2) is 24.3 Å². The molecule has 18 heavy (non-hydrogen) atoms. The lowest BCUT2D eigenvalue weighted by atomic mass is 9.93. The maximum absolute atomic E-state index is 5.97. The molecule has 0 saturated carbocycles. The molecule has 2 nitrogen and oxygen atoms in total. The fraction of sp³-hybridized carbons (Fsp3) is 0.357. The first-order chi connectivity index (χ1) is 8.36. The summed E-state index contributed by atoms with van der Waals surface area (Å²) in [6, 6.07) is 7.62. The van der Waals surface area contributed by atoms with Crippen LogP contribution in [-0.2, 0) is 5.41 Å². The maximum Gasteiger partial charge on any atom is 0.200 e. The van der Waals surface area contributed by atoms with E-state index in [9.17, 15) is 0 Å². The van der Waals surface area contributed by atoms with E-state index in [2.05, 4.69) is 25.1 Å². The number of hydrogen-bond donors (Lipinski definition) is 0. The van der Waals surface area contributed by atoms with E-state index in [0.29, 0.717) is 5.02 Å². The summed E-state index contributed by atoms with van der Waals surface area (Å²) >= 11 is 7.34. The molecule has 0 radical (unpaired) electrons. The van der Waals surface area contributed by atoms with E-state index in [4.69, 9.17) is 16.3 Å². The van der Waals surface area contributed by atoms with Crippen LogP contribution >= 0.6 is 23.1 Å². The zero-order chi connectivity index (χ0) is 13.3. The molecule has 0 spiro atoms. The summed E-state index contributed by atoms with van der Waals surface area (Å²) in [7, 11) is 0. The van der Waals surface area contributed by atoms with E-state index in [1.165, 1.54) is 11.5 Å². The van der Waals surface area contributed by atoms with Crippen LogP contribution < -0.4 is 4.74 Å². The predicted octanol–water partition coefficient (Wildman–Crippen LogP) is 5.19. The van der Waals surface area contributed by atoms with E-state index < -0.39 is 0 Å². The van der Waals surface area contributed by atoms with Crippen LogP contribution in [0, 0.1) is 6.92 Å². The second-order valence-electron chi connectivity index (χ2n) is 5.29. The third-order valence-electron chi connectivity index (χ3n) is 2.62. The van der Waals surface area contributed by atoms with E-state index in [1.54, 1.807) is 0 Å². The smallest absolute Gasteiger partial charge is 0.200 e. The maximum atomic E-state index is 5.97. The van der Waals surface area contributed by atoms with Gasteiger partial charge in [0, 0.05) is 28.0 Å². The number of aromatic nitrogens is 1. The van der Waals surface area contributed by atoms with Crippen LogP contribution in [0.1, 0.15) is 32.0 Å². The quantitative estimate of drug-likeness (QED) is 0.755. The van der Waals surface area contributed by atoms with Gasteiger partial charge in [0.2, 0.25) is 0 Å². The number of hydrogen-bond acceptors (Lipinski definition) is 3. The number of benzene rings is 1. The van der Waals surface area contributed by atoms with Crippen molar-refractivity contribution in [2.45, 2.75) is 33.1 Å². The van der Waals surface area contributed by atoms with E-state index in [1.807, 2.05) is 31.2 Å². The highest BCUT2D eigenvalue weighted by molar-refractivity contribution is 7.07. The molecular weight excluding hydrogens is 266 g/mol. The standard InChI is InChI=1S/C14H16ClNOS/c1-9-5-6-10(15)7-11(9)17-13-8-12(16-18-13)14(2,3)4/h5-8H,1-4H3. The number of aryl methyl sites for hydroxylation is 1. The first kappa shape index (κ1) is 13.4. The van der Waals surface area contributed by atoms with Gasteiger partial charge in [-0.15, -0.1) is 0 Å². The van der Waals surface area contributed by atoms with Gasteiger partial charge in [-0.3, -0.25) is 0 Å². The van der Waals surface area contributed by atoms with Crippen molar-refractivity contribution < 1.29 is 4.74 Å². The Morgan fingerprint density at radius 2 is 1.94 bits per heavy atom. The zero-order valence-electron chi connectivity index (χ0n) is 11.0. The van der Waals surface area contributed by atoms with Crippen molar-refractivity contribution in [1.29, 1.82) is 0 Å². The van der Waals surface area contributed by atoms with E-state index >= 15 is 0 Å². The third kappa shape index (κ3) is 3.03. The van der Waals surface area contributed by atoms with Gasteiger partial charge in [0.25, 0.3) is 0 Å². The molecular formula is C14H16ClNOS. The van der Waals surface area contributed by atoms with E-state index in [0.717, 1.165) is 22.1 Å². The normalized spacial score (nSPS) is 11.6. The fourth-order valence-corrected chi connectivity index (χ4v) is 2.42. The number of halogens is 1. The lowest BCUT2D eigenvalue weighted by molar-refractivity contribution is 0.490. The predicted molar refractivity (Wildman–Crippen MR) is 77.1 cm³/mol. The van der Waals surface area contributed by atoms with Gasteiger partial charge < -0.3 is 4.74 Å². The molecule has 96 valence electrons. The summed E-state index contributed by atoms with van der Waals surface area (Å²) in [5.74, 6) is 0.784. The number of ether oxygens (including phenoxy) is 1. The summed E-state index contributed by atoms with van der Waals surface area (Å²) in [6.45, 7) is 8.40. The van der Waals surface area contributed by atoms with Gasteiger partial charge in [-0.05, 0) is 24.6 Å². The Labute approximate surface area is 117 Å². The number of nitrogens with zero attached hydrogens (tertiary/aromatic N) is 1. The summed E-state index contributed by atoms with van der Waals surface area (Å²) in [5.41, 5.74) is 2.15. The van der Waals surface area contributed by atoms with Crippen LogP contribution in [0.5, 0.6) is 10.8 Å². The van der Waals surface area contributed by atoms with Crippen LogP contribution in [0.4, 0.5) is 0 Å². The van der Waals surface area contributed by atoms with Crippen molar-refractivity contribution >= 4 is 23.1 Å². The molecule has 0 N–H and O–H groups in total. The minimum atomic E-state index is 0.0431. The molecule has 0 fully saturated rings. The van der Waals surface area contributed by atoms with Crippen molar-refractivity contribution in [2.24, 2.45) is 0 Å². The summed E-state index contributed by atoms with van der Waals surface area (Å²) in [5, 5.41) is 1.47. The SMILES string of the molecule is Cc1ccc(Cl)cc1Oc1cc(C(C)(C)C)ns1. The monoisotopic (exact) mass is 281 g/mol. The molecule has 0 aliphatic heterocycles. The Bertz CT molecular complexity index is 557. The molecule has 1 heterocycles. The molecule has 4 heteroatoms. The Balaban J connectivity index is 2.24. The molecule has 0 saturated heterocycles. The molecule has 0 aliphatic carbocycles. The lowest BCUT2D eigenvalue weighted by Gasteiger charge is -2.13. The molecule has 2 aromatic rings. The topological polar surface area (TPSA) is 22.1 Å². The highest BCUT2D eigenvalue weighted by Gasteiger charge is 2.18. The third-order valence-corrected chi connectivity index (χ3v) is 3.52. The van der Waals surface area contributed by atoms with E-state index in [-0.39, 0.29) is 5.41 Å². The molecule has 2 rings (SSSR count). The second kappa shape index (κ2) is 4.90. The van der Waals surface area contributed by atoms with Crippen molar-refractivity contribution in [3.05, 3.63) is 40.5 Å². The Morgan fingerprint density at radius 1 is 1.22 bits per heavy atom. The van der Waals surface area contributed by atoms with Crippen LogP contribution in [0.3, 0.4) is 0 Å². The van der Waals surface area contributed by atoms with Gasteiger partial charge >= 0.3 is 0 Å². The highest BCUT2D eigenvalue weighted by Crippen LogP contribution is 2.33. The summed E-state index contributed by atoms with van der Waals surface area (Å²) in [4.78, 5) is 0. The Hall–Kier alpha value is -1.06. The largest absolute Gasteiger partial charge is 0.445 e. The molecule has 0 unspecified atom stereocenters. The second-order valence-corrected chi connectivity index (χ2v) is 6.50. The fourth-order valence-electron chi connectivity index (χ4n) is 1.45. The first-order valence-corrected chi connectivity index (χ1v) is 6.92. The Kier molecular flexibility index (Phi) is 3.64. The molecule has 0 amide bonds. The molecule has 1 aromatic heterocycles. The average molecular weight is 282 g/mol. The van der Waals surface area contributed by atoms with Gasteiger partial charge in [-0.1, -0.05) is 38.4 Å². The van der Waals surface area contributed by atoms with Gasteiger partial charge in [0.15, 0.2) is 5.06 Å². The molecule has 0 bridgehead atoms. The minimum Gasteiger partial charge on any atom is -0.445 e. The first-order valence-electron chi connectivity index (χ1n) is 5.77. The van der Waals surface area contributed by atoms with Crippen molar-refractivity contribution in [3.8, 4) is 10.8 Å². The van der Waals surface area contributed by atoms with Gasteiger partial charge in [0.1, 0.15) is 5.75 Å². The van der Waals surface area contributed by atoms with Crippen LogP contribution in [0.25, 0.3) is 0 Å². The average Bonchev–Trinajstić information content (AvgIpc) is 2.71. The van der Waals surface area contributed by atoms with Gasteiger partial charge in [0.05, 0.1) is 5.69 Å².